The summed E-state index contributed by atoms with van der Waals surface area (Å²) in [6.07, 6.45) is 4.41. The van der Waals surface area contributed by atoms with E-state index >= 15 is 0 Å². The van der Waals surface area contributed by atoms with Crippen LogP contribution >= 0.6 is 23.4 Å². The van der Waals surface area contributed by atoms with Crippen molar-refractivity contribution in [2.45, 2.75) is 41.8 Å². The van der Waals surface area contributed by atoms with Gasteiger partial charge in [-0.1, -0.05) is 73.1 Å². The van der Waals surface area contributed by atoms with Crippen molar-refractivity contribution in [3.63, 3.8) is 0 Å². The zero-order valence-corrected chi connectivity index (χ0v) is 25.6. The third-order valence-corrected chi connectivity index (χ3v) is 11.5. The van der Waals surface area contributed by atoms with E-state index in [0.717, 1.165) is 12.0 Å². The Morgan fingerprint density at radius 3 is 2.43 bits per heavy atom. The van der Waals surface area contributed by atoms with Gasteiger partial charge in [0.25, 0.3) is 5.91 Å². The molecule has 9 heteroatoms. The number of aliphatic hydroxyl groups excluding tert-OH is 1. The summed E-state index contributed by atoms with van der Waals surface area (Å²) in [4.78, 5) is 48.3. The lowest BCUT2D eigenvalue weighted by molar-refractivity contribution is -0.145. The molecule has 3 amide bonds. The number of thioether (sulfide) groups is 1. The van der Waals surface area contributed by atoms with Crippen LogP contribution in [0.2, 0.25) is 5.02 Å². The van der Waals surface area contributed by atoms with Crippen molar-refractivity contribution >= 4 is 46.8 Å². The quantitative estimate of drug-likeness (QED) is 0.382. The van der Waals surface area contributed by atoms with Crippen LogP contribution in [0.15, 0.2) is 79.9 Å². The van der Waals surface area contributed by atoms with Gasteiger partial charge in [0.1, 0.15) is 6.04 Å². The first-order valence-corrected chi connectivity index (χ1v) is 15.6. The number of benzene rings is 2. The molecule has 222 valence electrons. The van der Waals surface area contributed by atoms with Gasteiger partial charge in [0, 0.05) is 25.4 Å². The average Bonchev–Trinajstić information content (AvgIpc) is 3.58. The number of carbonyl (C=O) groups excluding carboxylic acids is 3. The molecule has 7 atom stereocenters. The Morgan fingerprint density at radius 2 is 1.79 bits per heavy atom. The van der Waals surface area contributed by atoms with Crippen LogP contribution in [-0.4, -0.2) is 81.5 Å². The van der Waals surface area contributed by atoms with Gasteiger partial charge >= 0.3 is 0 Å². The van der Waals surface area contributed by atoms with E-state index in [1.54, 1.807) is 63.9 Å². The summed E-state index contributed by atoms with van der Waals surface area (Å²) < 4.78 is -0.834. The molecule has 2 aromatic rings. The highest BCUT2D eigenvalue weighted by Crippen LogP contribution is 2.69. The fraction of sp³-hybridized carbons (Fsp3) is 0.424. The minimum absolute atomic E-state index is 0.0120. The maximum atomic E-state index is 14.9. The standard InChI is InChI=1S/C33H38ClN3O4S/c1-5-16-35(4)30(39)27-26-18-21(3)33(42-26)28(27)31(40)37(23(20-38)19-22-12-8-7-9-13-22)29(33)32(41)36(17-6-2)25-15-11-10-14-24(25)34/h5-15,21,23,26-29,38H,1-2,16-20H2,3-4H3/t21?,23-,26-,27+,28+,29?,33?/m1/s1. The van der Waals surface area contributed by atoms with Crippen LogP contribution in [0.4, 0.5) is 5.69 Å². The predicted octanol–water partition coefficient (Wildman–Crippen LogP) is 4.44. The lowest BCUT2D eigenvalue weighted by Gasteiger charge is -2.42. The van der Waals surface area contributed by atoms with Gasteiger partial charge < -0.3 is 19.8 Å². The summed E-state index contributed by atoms with van der Waals surface area (Å²) in [5, 5.41) is 11.1. The Labute approximate surface area is 257 Å². The third-order valence-electron chi connectivity index (χ3n) is 9.12. The number of anilines is 1. The number of halogens is 1. The summed E-state index contributed by atoms with van der Waals surface area (Å²) in [7, 11) is 1.73. The van der Waals surface area contributed by atoms with Crippen molar-refractivity contribution in [1.82, 2.24) is 9.80 Å². The number of fused-ring (bicyclic) bond motifs is 1. The molecule has 2 bridgehead atoms. The fourth-order valence-electron chi connectivity index (χ4n) is 7.34. The van der Waals surface area contributed by atoms with Crippen LogP contribution in [0.1, 0.15) is 18.9 Å². The number of likely N-dealkylation sites (tertiary alicyclic amines) is 1. The number of likely N-dealkylation sites (N-methyl/N-ethyl adjacent to an activating group) is 1. The molecule has 3 aliphatic heterocycles. The van der Waals surface area contributed by atoms with Crippen molar-refractivity contribution < 1.29 is 19.5 Å². The maximum absolute atomic E-state index is 14.9. The Kier molecular flexibility index (Phi) is 8.88. The van der Waals surface area contributed by atoms with E-state index in [1.165, 1.54) is 0 Å². The van der Waals surface area contributed by atoms with Crippen molar-refractivity contribution in [2.75, 3.05) is 31.6 Å². The van der Waals surface area contributed by atoms with Crippen LogP contribution in [0.5, 0.6) is 0 Å². The molecule has 0 radical (unpaired) electrons. The number of aliphatic hydroxyl groups is 1. The van der Waals surface area contributed by atoms with Gasteiger partial charge in [0.2, 0.25) is 11.8 Å². The van der Waals surface area contributed by atoms with Gasteiger partial charge in [-0.05, 0) is 36.5 Å². The molecule has 7 nitrogen and oxygen atoms in total. The Bertz CT molecular complexity index is 1370. The topological polar surface area (TPSA) is 81.2 Å². The second kappa shape index (κ2) is 12.3. The number of hydrogen-bond donors (Lipinski definition) is 1. The van der Waals surface area contributed by atoms with Crippen molar-refractivity contribution in [3.8, 4) is 0 Å². The van der Waals surface area contributed by atoms with Gasteiger partial charge in [0.05, 0.1) is 39.9 Å². The SMILES string of the molecule is C=CCN(C)C(=O)[C@@H]1[C@H]2C(=O)N([C@@H](CO)Cc3ccccc3)C(C(=O)N(CC=C)c3ccccc3Cl)C23S[C@@H]1CC3C. The number of rotatable bonds is 11. The van der Waals surface area contributed by atoms with Crippen LogP contribution in [0, 0.1) is 17.8 Å². The van der Waals surface area contributed by atoms with Gasteiger partial charge in [-0.25, -0.2) is 0 Å². The van der Waals surface area contributed by atoms with E-state index in [9.17, 15) is 19.5 Å². The molecule has 0 aromatic heterocycles. The highest BCUT2D eigenvalue weighted by molar-refractivity contribution is 8.02. The molecule has 0 saturated carbocycles. The van der Waals surface area contributed by atoms with E-state index in [-0.39, 0.29) is 42.0 Å². The highest BCUT2D eigenvalue weighted by Gasteiger charge is 2.77. The van der Waals surface area contributed by atoms with E-state index in [0.29, 0.717) is 23.7 Å². The summed E-state index contributed by atoms with van der Waals surface area (Å²) in [6.45, 7) is 9.98. The first-order chi connectivity index (χ1) is 20.2. The molecule has 3 aliphatic rings. The molecule has 42 heavy (non-hydrogen) atoms. The average molecular weight is 608 g/mol. The molecule has 3 unspecified atom stereocenters. The van der Waals surface area contributed by atoms with Crippen molar-refractivity contribution in [2.24, 2.45) is 17.8 Å². The van der Waals surface area contributed by atoms with E-state index in [2.05, 4.69) is 20.1 Å². The van der Waals surface area contributed by atoms with Crippen LogP contribution in [0.3, 0.4) is 0 Å². The summed E-state index contributed by atoms with van der Waals surface area (Å²) in [6, 6.07) is 15.2. The molecule has 1 N–H and O–H groups in total. The largest absolute Gasteiger partial charge is 0.394 e. The van der Waals surface area contributed by atoms with Crippen LogP contribution < -0.4 is 4.90 Å². The number of carbonyl (C=O) groups is 3. The van der Waals surface area contributed by atoms with Crippen LogP contribution in [-0.2, 0) is 20.8 Å². The number of para-hydroxylation sites is 1. The Hall–Kier alpha value is -3.07. The molecular weight excluding hydrogens is 570 g/mol. The molecular formula is C33H38ClN3O4S. The van der Waals surface area contributed by atoms with E-state index in [4.69, 9.17) is 11.6 Å². The smallest absolute Gasteiger partial charge is 0.251 e. The minimum atomic E-state index is -0.903. The van der Waals surface area contributed by atoms with Gasteiger partial charge in [0.15, 0.2) is 0 Å². The highest BCUT2D eigenvalue weighted by atomic mass is 35.5. The summed E-state index contributed by atoms with van der Waals surface area (Å²) in [5.74, 6) is -1.89. The third kappa shape index (κ3) is 4.87. The lowest BCUT2D eigenvalue weighted by Crippen LogP contribution is -2.59. The Balaban J connectivity index is 1.65. The molecule has 3 fully saturated rings. The first-order valence-electron chi connectivity index (χ1n) is 14.4. The summed E-state index contributed by atoms with van der Waals surface area (Å²) in [5.41, 5.74) is 1.48. The molecule has 0 aliphatic carbocycles. The van der Waals surface area contributed by atoms with Gasteiger partial charge in [-0.3, -0.25) is 14.4 Å². The van der Waals surface area contributed by atoms with Gasteiger partial charge in [-0.15, -0.1) is 24.9 Å². The fourth-order valence-corrected chi connectivity index (χ4v) is 9.98. The van der Waals surface area contributed by atoms with Crippen LogP contribution in [0.25, 0.3) is 0 Å². The lowest BCUT2D eigenvalue weighted by atomic mass is 9.65. The van der Waals surface area contributed by atoms with Crippen molar-refractivity contribution in [3.05, 3.63) is 90.5 Å². The van der Waals surface area contributed by atoms with E-state index < -0.39 is 28.7 Å². The predicted molar refractivity (Wildman–Crippen MR) is 168 cm³/mol. The number of nitrogens with zero attached hydrogens (tertiary/aromatic N) is 3. The molecule has 2 aromatic carbocycles. The van der Waals surface area contributed by atoms with E-state index in [1.807, 2.05) is 36.4 Å². The minimum Gasteiger partial charge on any atom is -0.394 e. The second-order valence-electron chi connectivity index (χ2n) is 11.5. The van der Waals surface area contributed by atoms with Crippen molar-refractivity contribution in [1.29, 1.82) is 0 Å². The second-order valence-corrected chi connectivity index (χ2v) is 13.5. The normalized spacial score (nSPS) is 28.3. The molecule has 3 heterocycles. The molecule has 1 spiro atoms. The zero-order valence-electron chi connectivity index (χ0n) is 24.1. The first kappa shape index (κ1) is 30.4. The summed E-state index contributed by atoms with van der Waals surface area (Å²) >= 11 is 8.22. The number of amides is 3. The number of hydrogen-bond acceptors (Lipinski definition) is 5. The monoisotopic (exact) mass is 607 g/mol. The molecule has 5 rings (SSSR count). The van der Waals surface area contributed by atoms with Gasteiger partial charge in [-0.2, -0.15) is 0 Å². The molecule has 3 saturated heterocycles. The Morgan fingerprint density at radius 1 is 1.12 bits per heavy atom. The maximum Gasteiger partial charge on any atom is 0.251 e. The zero-order chi connectivity index (χ0) is 30.2.